The molecule has 0 amide bonds. The van der Waals surface area contributed by atoms with Crippen LogP contribution in [0.15, 0.2) is 47.6 Å². The van der Waals surface area contributed by atoms with E-state index in [1.807, 2.05) is 25.1 Å². The molecule has 2 aliphatic rings. The molecule has 1 aliphatic heterocycles. The largest absolute Gasteiger partial charge is 0.501 e. The van der Waals surface area contributed by atoms with Gasteiger partial charge in [-0.25, -0.2) is 4.98 Å². The molecule has 6 nitrogen and oxygen atoms in total. The van der Waals surface area contributed by atoms with Crippen molar-refractivity contribution in [2.24, 2.45) is 0 Å². The van der Waals surface area contributed by atoms with E-state index >= 15 is 0 Å². The van der Waals surface area contributed by atoms with Gasteiger partial charge in [0.15, 0.2) is 0 Å². The summed E-state index contributed by atoms with van der Waals surface area (Å²) in [6, 6.07) is 11.2. The Morgan fingerprint density at radius 1 is 1.18 bits per heavy atom. The SMILES string of the molecule is CCO/C=C\c1cc2cc[nH]c(=O)c2c(Nc2ccc(C3CCN(C4CC4)CC3)c(C)c2)n1. The Hall–Kier alpha value is -3.12. The van der Waals surface area contributed by atoms with Crippen LogP contribution in [0, 0.1) is 6.92 Å². The molecular weight excluding hydrogens is 412 g/mol. The van der Waals surface area contributed by atoms with E-state index < -0.39 is 0 Å². The maximum Gasteiger partial charge on any atom is 0.259 e. The fourth-order valence-electron chi connectivity index (χ4n) is 4.99. The Bertz CT molecular complexity index is 1220. The first-order valence-electron chi connectivity index (χ1n) is 12.0. The highest BCUT2D eigenvalue weighted by molar-refractivity contribution is 5.93. The minimum Gasteiger partial charge on any atom is -0.501 e. The van der Waals surface area contributed by atoms with Crippen molar-refractivity contribution in [1.29, 1.82) is 0 Å². The predicted molar refractivity (Wildman–Crippen MR) is 134 cm³/mol. The molecule has 3 heterocycles. The summed E-state index contributed by atoms with van der Waals surface area (Å²) in [7, 11) is 0. The molecule has 6 heteroatoms. The molecule has 1 aromatic carbocycles. The molecular formula is C27H32N4O2. The molecule has 5 rings (SSSR count). The molecule has 1 aliphatic carbocycles. The topological polar surface area (TPSA) is 70.2 Å². The van der Waals surface area contributed by atoms with Crippen molar-refractivity contribution in [1.82, 2.24) is 14.9 Å². The van der Waals surface area contributed by atoms with Gasteiger partial charge in [0.25, 0.3) is 5.56 Å². The summed E-state index contributed by atoms with van der Waals surface area (Å²) in [4.78, 5) is 22.7. The second kappa shape index (κ2) is 9.40. The Labute approximate surface area is 194 Å². The number of hydrogen-bond acceptors (Lipinski definition) is 5. The van der Waals surface area contributed by atoms with E-state index in [0.29, 0.717) is 23.7 Å². The van der Waals surface area contributed by atoms with Gasteiger partial charge in [-0.2, -0.15) is 0 Å². The van der Waals surface area contributed by atoms with Crippen LogP contribution in [-0.2, 0) is 4.74 Å². The number of likely N-dealkylation sites (tertiary alicyclic amines) is 1. The number of piperidine rings is 1. The molecule has 2 N–H and O–H groups in total. The van der Waals surface area contributed by atoms with Crippen molar-refractivity contribution in [3.63, 3.8) is 0 Å². The van der Waals surface area contributed by atoms with E-state index in [1.54, 1.807) is 12.5 Å². The Kier molecular flexibility index (Phi) is 6.18. The Morgan fingerprint density at radius 3 is 2.73 bits per heavy atom. The summed E-state index contributed by atoms with van der Waals surface area (Å²) < 4.78 is 5.33. The highest BCUT2D eigenvalue weighted by Gasteiger charge is 2.32. The molecule has 2 aromatic heterocycles. The summed E-state index contributed by atoms with van der Waals surface area (Å²) in [5, 5.41) is 4.80. The molecule has 0 bridgehead atoms. The van der Waals surface area contributed by atoms with E-state index in [4.69, 9.17) is 9.72 Å². The number of aromatic nitrogens is 2. The van der Waals surface area contributed by atoms with Gasteiger partial charge in [0.05, 0.1) is 23.9 Å². The lowest BCUT2D eigenvalue weighted by Crippen LogP contribution is -2.34. The first-order chi connectivity index (χ1) is 16.1. The average Bonchev–Trinajstić information content (AvgIpc) is 3.65. The van der Waals surface area contributed by atoms with E-state index in [9.17, 15) is 4.79 Å². The van der Waals surface area contributed by atoms with Crippen molar-refractivity contribution >= 4 is 28.4 Å². The van der Waals surface area contributed by atoms with Crippen LogP contribution >= 0.6 is 0 Å². The van der Waals surface area contributed by atoms with Gasteiger partial charge in [-0.05, 0) is 105 Å². The number of pyridine rings is 2. The third kappa shape index (κ3) is 4.81. The van der Waals surface area contributed by atoms with Crippen molar-refractivity contribution in [3.8, 4) is 0 Å². The number of anilines is 2. The van der Waals surface area contributed by atoms with Crippen LogP contribution in [0.3, 0.4) is 0 Å². The maximum absolute atomic E-state index is 12.6. The number of benzene rings is 1. The van der Waals surface area contributed by atoms with Crippen LogP contribution in [0.2, 0.25) is 0 Å². The van der Waals surface area contributed by atoms with Crippen molar-refractivity contribution in [3.05, 3.63) is 70.0 Å². The van der Waals surface area contributed by atoms with E-state index in [1.165, 1.54) is 49.9 Å². The fourth-order valence-corrected chi connectivity index (χ4v) is 4.99. The normalized spacial score (nSPS) is 17.6. The first-order valence-corrected chi connectivity index (χ1v) is 12.0. The number of aryl methyl sites for hydroxylation is 1. The average molecular weight is 445 g/mol. The van der Waals surface area contributed by atoms with Crippen molar-refractivity contribution in [2.75, 3.05) is 25.0 Å². The Balaban J connectivity index is 1.40. The standard InChI is InChI=1S/C27H32N4O2/c1-3-33-15-11-22-17-20-8-12-28-27(32)25(20)26(30-22)29-21-4-7-24(18(2)16-21)19-9-13-31(14-10-19)23-5-6-23/h4,7-8,11-12,15-17,19,23H,3,5-6,9-10,13-14H2,1-2H3,(H,28,32)(H,29,30)/b15-11-. The quantitative estimate of drug-likeness (QED) is 0.483. The van der Waals surface area contributed by atoms with Crippen molar-refractivity contribution in [2.45, 2.75) is 51.5 Å². The zero-order valence-corrected chi connectivity index (χ0v) is 19.4. The first kappa shape index (κ1) is 21.7. The van der Waals surface area contributed by atoms with E-state index in [0.717, 1.165) is 22.8 Å². The Morgan fingerprint density at radius 2 is 2.00 bits per heavy atom. The monoisotopic (exact) mass is 444 g/mol. The molecule has 0 spiro atoms. The molecule has 3 aromatic rings. The lowest BCUT2D eigenvalue weighted by atomic mass is 9.86. The zero-order valence-electron chi connectivity index (χ0n) is 19.4. The highest BCUT2D eigenvalue weighted by Crippen LogP contribution is 2.36. The highest BCUT2D eigenvalue weighted by atomic mass is 16.5. The number of nitrogens with one attached hydrogen (secondary N) is 2. The van der Waals surface area contributed by atoms with Gasteiger partial charge in [-0.1, -0.05) is 6.07 Å². The van der Waals surface area contributed by atoms with Crippen LogP contribution in [0.1, 0.15) is 55.3 Å². The minimum absolute atomic E-state index is 0.154. The van der Waals surface area contributed by atoms with Crippen molar-refractivity contribution < 1.29 is 4.74 Å². The van der Waals surface area contributed by atoms with E-state index in [-0.39, 0.29) is 5.56 Å². The van der Waals surface area contributed by atoms with Crippen LogP contribution in [0.25, 0.3) is 16.8 Å². The van der Waals surface area contributed by atoms with Crippen LogP contribution in [0.4, 0.5) is 11.5 Å². The summed E-state index contributed by atoms with van der Waals surface area (Å²) >= 11 is 0. The lowest BCUT2D eigenvalue weighted by molar-refractivity contribution is 0.203. The van der Waals surface area contributed by atoms with Gasteiger partial charge in [-0.3, -0.25) is 4.79 Å². The summed E-state index contributed by atoms with van der Waals surface area (Å²) in [6.45, 7) is 7.16. The maximum atomic E-state index is 12.6. The van der Waals surface area contributed by atoms with Gasteiger partial charge >= 0.3 is 0 Å². The number of aromatic amines is 1. The second-order valence-corrected chi connectivity index (χ2v) is 9.16. The molecule has 0 radical (unpaired) electrons. The summed E-state index contributed by atoms with van der Waals surface area (Å²) in [5.74, 6) is 1.18. The smallest absolute Gasteiger partial charge is 0.259 e. The molecule has 0 unspecified atom stereocenters. The van der Waals surface area contributed by atoms with Crippen LogP contribution in [0.5, 0.6) is 0 Å². The van der Waals surface area contributed by atoms with Gasteiger partial charge in [0.2, 0.25) is 0 Å². The minimum atomic E-state index is -0.154. The lowest BCUT2D eigenvalue weighted by Gasteiger charge is -2.33. The molecule has 1 saturated heterocycles. The third-order valence-electron chi connectivity index (χ3n) is 6.84. The molecule has 0 atom stereocenters. The van der Waals surface area contributed by atoms with E-state index in [2.05, 4.69) is 40.3 Å². The summed E-state index contributed by atoms with van der Waals surface area (Å²) in [5.41, 5.74) is 4.25. The fraction of sp³-hybridized carbons (Fsp3) is 0.407. The molecule has 33 heavy (non-hydrogen) atoms. The number of nitrogens with zero attached hydrogens (tertiary/aromatic N) is 2. The number of hydrogen-bond donors (Lipinski definition) is 2. The second-order valence-electron chi connectivity index (χ2n) is 9.16. The summed E-state index contributed by atoms with van der Waals surface area (Å²) in [6.07, 6.45) is 10.4. The van der Waals surface area contributed by atoms with Gasteiger partial charge in [0.1, 0.15) is 5.82 Å². The van der Waals surface area contributed by atoms with Crippen LogP contribution in [-0.4, -0.2) is 40.6 Å². The molecule has 1 saturated carbocycles. The number of H-pyrrole nitrogens is 1. The third-order valence-corrected chi connectivity index (χ3v) is 6.84. The number of fused-ring (bicyclic) bond motifs is 1. The van der Waals surface area contributed by atoms with Gasteiger partial charge < -0.3 is 19.9 Å². The zero-order chi connectivity index (χ0) is 22.8. The molecule has 2 fully saturated rings. The number of rotatable bonds is 7. The van der Waals surface area contributed by atoms with Crippen LogP contribution < -0.4 is 10.9 Å². The van der Waals surface area contributed by atoms with Gasteiger partial charge in [-0.15, -0.1) is 0 Å². The van der Waals surface area contributed by atoms with Gasteiger partial charge in [0, 0.05) is 17.9 Å². The molecule has 172 valence electrons. The number of ether oxygens (including phenoxy) is 1. The predicted octanol–water partition coefficient (Wildman–Crippen LogP) is 5.32.